The molecule has 0 radical (unpaired) electrons. The highest BCUT2D eigenvalue weighted by atomic mass is 19.2. The van der Waals surface area contributed by atoms with Crippen LogP contribution in [0.4, 0.5) is 18.0 Å². The molecular weight excluding hydrogens is 449 g/mol. The molecule has 1 N–H and O–H groups in total. The maximum atomic E-state index is 14.6. The maximum absolute atomic E-state index is 14.6. The van der Waals surface area contributed by atoms with Crippen molar-refractivity contribution in [3.05, 3.63) is 35.1 Å². The van der Waals surface area contributed by atoms with Crippen molar-refractivity contribution in [2.24, 2.45) is 0 Å². The molecule has 0 aliphatic carbocycles. The number of alkyl carbamates (subject to hydrolysis) is 1. The molecule has 2 rings (SSSR count). The van der Waals surface area contributed by atoms with Crippen LogP contribution in [0.15, 0.2) is 12.1 Å². The van der Waals surface area contributed by atoms with Crippen LogP contribution in [0.1, 0.15) is 64.9 Å². The molecule has 0 saturated carbocycles. The number of halogens is 3. The van der Waals surface area contributed by atoms with Gasteiger partial charge in [0.15, 0.2) is 11.6 Å². The minimum Gasteiger partial charge on any atom is -0.444 e. The average molecular weight is 483 g/mol. The standard InChI is InChI=1S/C25H33F3N2O4/c1-6-7-13-33-14-9-8-12-30-16(2)17(21-18(26)10-11-19(27)22(21)28)15-20(23(30)31)29-24(32)34-25(3,4)5/h1,10-11,16-17,20H,7-9,12-15H2,2-5H3,(H,29,32). The van der Waals surface area contributed by atoms with Crippen LogP contribution in [0, 0.1) is 29.8 Å². The molecule has 1 fully saturated rings. The fourth-order valence-corrected chi connectivity index (χ4v) is 4.02. The van der Waals surface area contributed by atoms with Crippen LogP contribution < -0.4 is 5.32 Å². The number of rotatable bonds is 9. The fourth-order valence-electron chi connectivity index (χ4n) is 4.02. The number of benzene rings is 1. The molecule has 1 aromatic rings. The van der Waals surface area contributed by atoms with Crippen molar-refractivity contribution in [3.63, 3.8) is 0 Å². The number of unbranched alkanes of at least 4 members (excludes halogenated alkanes) is 1. The van der Waals surface area contributed by atoms with Gasteiger partial charge in [-0.2, -0.15) is 0 Å². The first-order chi connectivity index (χ1) is 16.0. The van der Waals surface area contributed by atoms with Crippen LogP contribution in [0.3, 0.4) is 0 Å². The third-order valence-corrected chi connectivity index (χ3v) is 5.61. The van der Waals surface area contributed by atoms with Gasteiger partial charge in [0.1, 0.15) is 17.5 Å². The van der Waals surface area contributed by atoms with Crippen LogP contribution in [0.5, 0.6) is 0 Å². The number of nitrogens with one attached hydrogen (secondary N) is 1. The van der Waals surface area contributed by atoms with Crippen LogP contribution in [0.25, 0.3) is 0 Å². The molecule has 34 heavy (non-hydrogen) atoms. The van der Waals surface area contributed by atoms with Crippen molar-refractivity contribution in [1.29, 1.82) is 0 Å². The highest BCUT2D eigenvalue weighted by Crippen LogP contribution is 2.37. The highest BCUT2D eigenvalue weighted by molar-refractivity contribution is 5.87. The van der Waals surface area contributed by atoms with Crippen molar-refractivity contribution in [2.75, 3.05) is 19.8 Å². The smallest absolute Gasteiger partial charge is 0.408 e. The van der Waals surface area contributed by atoms with E-state index in [-0.39, 0.29) is 18.9 Å². The average Bonchev–Trinajstić information content (AvgIpc) is 2.74. The van der Waals surface area contributed by atoms with Crippen molar-refractivity contribution in [2.45, 2.75) is 77.0 Å². The summed E-state index contributed by atoms with van der Waals surface area (Å²) in [4.78, 5) is 27.0. The lowest BCUT2D eigenvalue weighted by atomic mass is 9.81. The Hall–Kier alpha value is -2.73. The van der Waals surface area contributed by atoms with E-state index >= 15 is 0 Å². The van der Waals surface area contributed by atoms with Gasteiger partial charge >= 0.3 is 6.09 Å². The molecule has 1 aliphatic rings. The van der Waals surface area contributed by atoms with Gasteiger partial charge in [-0.3, -0.25) is 4.79 Å². The SMILES string of the molecule is C#CCCOCCCCN1C(=O)C(NC(=O)OC(C)(C)C)CC(c2c(F)ccc(F)c2F)C1C. The van der Waals surface area contributed by atoms with E-state index in [2.05, 4.69) is 11.2 Å². The predicted molar refractivity (Wildman–Crippen MR) is 122 cm³/mol. The topological polar surface area (TPSA) is 67.9 Å². The summed E-state index contributed by atoms with van der Waals surface area (Å²) in [6.07, 6.45) is 5.97. The quantitative estimate of drug-likeness (QED) is 0.319. The highest BCUT2D eigenvalue weighted by Gasteiger charge is 2.43. The van der Waals surface area contributed by atoms with E-state index in [0.29, 0.717) is 32.5 Å². The number of hydrogen-bond donors (Lipinski definition) is 1. The van der Waals surface area contributed by atoms with Gasteiger partial charge in [-0.25, -0.2) is 18.0 Å². The van der Waals surface area contributed by atoms with Crippen LogP contribution in [0.2, 0.25) is 0 Å². The lowest BCUT2D eigenvalue weighted by molar-refractivity contribution is -0.139. The number of terminal acetylenes is 1. The monoisotopic (exact) mass is 482 g/mol. The van der Waals surface area contributed by atoms with E-state index in [9.17, 15) is 22.8 Å². The first kappa shape index (κ1) is 27.5. The second kappa shape index (κ2) is 12.1. The van der Waals surface area contributed by atoms with Gasteiger partial charge in [-0.05, 0) is 59.1 Å². The first-order valence-electron chi connectivity index (χ1n) is 11.4. The number of amides is 2. The molecule has 1 aliphatic heterocycles. The Balaban J connectivity index is 2.22. The van der Waals surface area contributed by atoms with Gasteiger partial charge in [0.25, 0.3) is 0 Å². The van der Waals surface area contributed by atoms with E-state index in [4.69, 9.17) is 15.9 Å². The molecule has 9 heteroatoms. The van der Waals surface area contributed by atoms with Gasteiger partial charge in [-0.15, -0.1) is 12.3 Å². The molecule has 2 amide bonds. The Bertz CT molecular complexity index is 911. The molecule has 6 nitrogen and oxygen atoms in total. The third-order valence-electron chi connectivity index (χ3n) is 5.61. The Kier molecular flexibility index (Phi) is 9.80. The largest absolute Gasteiger partial charge is 0.444 e. The summed E-state index contributed by atoms with van der Waals surface area (Å²) in [5.74, 6) is -2.15. The summed E-state index contributed by atoms with van der Waals surface area (Å²) >= 11 is 0. The third kappa shape index (κ3) is 7.39. The van der Waals surface area contributed by atoms with E-state index < -0.39 is 52.7 Å². The second-order valence-corrected chi connectivity index (χ2v) is 9.34. The van der Waals surface area contributed by atoms with E-state index in [1.165, 1.54) is 4.90 Å². The van der Waals surface area contributed by atoms with Gasteiger partial charge < -0.3 is 19.7 Å². The fraction of sp³-hybridized carbons (Fsp3) is 0.600. The van der Waals surface area contributed by atoms with Crippen LogP contribution >= 0.6 is 0 Å². The summed E-state index contributed by atoms with van der Waals surface area (Å²) in [6, 6.07) is -0.117. The molecule has 0 spiro atoms. The number of piperidine rings is 1. The predicted octanol–water partition coefficient (Wildman–Crippen LogP) is 4.52. The molecule has 0 aromatic heterocycles. The number of hydrogen-bond acceptors (Lipinski definition) is 4. The van der Waals surface area contributed by atoms with Gasteiger partial charge in [0.05, 0.1) is 6.61 Å². The Morgan fingerprint density at radius 3 is 2.53 bits per heavy atom. The molecule has 1 saturated heterocycles. The van der Waals surface area contributed by atoms with Gasteiger partial charge in [0, 0.05) is 37.1 Å². The number of carbonyl (C=O) groups is 2. The lowest BCUT2D eigenvalue weighted by Crippen LogP contribution is -2.58. The zero-order valence-electron chi connectivity index (χ0n) is 20.1. The van der Waals surface area contributed by atoms with Gasteiger partial charge in [-0.1, -0.05) is 0 Å². The molecule has 1 heterocycles. The molecule has 1 aromatic carbocycles. The normalized spacial score (nSPS) is 20.7. The van der Waals surface area contributed by atoms with E-state index in [1.54, 1.807) is 27.7 Å². The van der Waals surface area contributed by atoms with Gasteiger partial charge in [0.2, 0.25) is 5.91 Å². The molecule has 3 unspecified atom stereocenters. The van der Waals surface area contributed by atoms with E-state index in [0.717, 1.165) is 12.1 Å². The van der Waals surface area contributed by atoms with Crippen LogP contribution in [-0.4, -0.2) is 54.3 Å². The molecule has 0 bridgehead atoms. The summed E-state index contributed by atoms with van der Waals surface area (Å²) in [5, 5.41) is 2.52. The van der Waals surface area contributed by atoms with Crippen molar-refractivity contribution in [1.82, 2.24) is 10.2 Å². The summed E-state index contributed by atoms with van der Waals surface area (Å²) in [7, 11) is 0. The zero-order valence-corrected chi connectivity index (χ0v) is 20.1. The number of nitrogens with zero attached hydrogens (tertiary/aromatic N) is 1. The Labute approximate surface area is 199 Å². The minimum absolute atomic E-state index is 0.0950. The van der Waals surface area contributed by atoms with Crippen molar-refractivity contribution >= 4 is 12.0 Å². The Morgan fingerprint density at radius 1 is 1.21 bits per heavy atom. The maximum Gasteiger partial charge on any atom is 0.408 e. The zero-order chi connectivity index (χ0) is 25.5. The second-order valence-electron chi connectivity index (χ2n) is 9.34. The number of ether oxygens (including phenoxy) is 2. The Morgan fingerprint density at radius 2 is 1.88 bits per heavy atom. The van der Waals surface area contributed by atoms with Crippen molar-refractivity contribution < 1.29 is 32.2 Å². The molecule has 188 valence electrons. The molecule has 3 atom stereocenters. The summed E-state index contributed by atoms with van der Waals surface area (Å²) < 4.78 is 53.9. The minimum atomic E-state index is -1.29. The first-order valence-corrected chi connectivity index (χ1v) is 11.4. The summed E-state index contributed by atoms with van der Waals surface area (Å²) in [6.45, 7) is 7.87. The molecular formula is C25H33F3N2O4. The lowest BCUT2D eigenvalue weighted by Gasteiger charge is -2.43. The van der Waals surface area contributed by atoms with Crippen LogP contribution in [-0.2, 0) is 14.3 Å². The number of likely N-dealkylation sites (tertiary alicyclic amines) is 1. The summed E-state index contributed by atoms with van der Waals surface area (Å²) in [5.41, 5.74) is -1.23. The van der Waals surface area contributed by atoms with Crippen molar-refractivity contribution in [3.8, 4) is 12.3 Å². The number of carbonyl (C=O) groups excluding carboxylic acids is 2. The van der Waals surface area contributed by atoms with E-state index in [1.807, 2.05) is 0 Å².